The van der Waals surface area contributed by atoms with E-state index >= 15 is 0 Å². The van der Waals surface area contributed by atoms with E-state index in [0.717, 1.165) is 6.04 Å². The molecule has 1 aliphatic rings. The first-order chi connectivity index (χ1) is 18.6. The van der Waals surface area contributed by atoms with Crippen LogP contribution in [0.4, 0.5) is 0 Å². The maximum Gasteiger partial charge on any atom is 0.340 e. The highest BCUT2D eigenvalue weighted by molar-refractivity contribution is 7.91. The van der Waals surface area contributed by atoms with Crippen LogP contribution in [0.15, 0.2) is 52.3 Å². The highest BCUT2D eigenvalue weighted by Gasteiger charge is 2.35. The van der Waals surface area contributed by atoms with Crippen molar-refractivity contribution < 1.29 is 22.7 Å². The molecule has 214 valence electrons. The number of sulfone groups is 1. The van der Waals surface area contributed by atoms with Crippen LogP contribution in [-0.4, -0.2) is 50.7 Å². The average Bonchev–Trinajstić information content (AvgIpc) is 3.07. The van der Waals surface area contributed by atoms with Crippen molar-refractivity contribution in [1.82, 2.24) is 4.57 Å². The molecule has 0 atom stereocenters. The molecule has 10 heteroatoms. The number of hydrogen-bond acceptors (Lipinski definition) is 7. The van der Waals surface area contributed by atoms with Gasteiger partial charge >= 0.3 is 5.97 Å². The molecule has 8 nitrogen and oxygen atoms in total. The molecule has 1 aliphatic carbocycles. The molecule has 0 unspecified atom stereocenters. The molecule has 40 heavy (non-hydrogen) atoms. The predicted molar refractivity (Wildman–Crippen MR) is 161 cm³/mol. The van der Waals surface area contributed by atoms with Crippen LogP contribution in [0, 0.1) is 10.8 Å². The molecule has 2 aromatic carbocycles. The van der Waals surface area contributed by atoms with E-state index in [2.05, 4.69) is 19.6 Å². The molecule has 0 spiro atoms. The maximum atomic E-state index is 13.9. The molecular formula is C30H39N3O5SSi. The van der Waals surface area contributed by atoms with Crippen LogP contribution in [0.25, 0.3) is 10.9 Å². The van der Waals surface area contributed by atoms with Gasteiger partial charge in [0.25, 0.3) is 0 Å². The van der Waals surface area contributed by atoms with Crippen molar-refractivity contribution >= 4 is 46.2 Å². The second-order valence-corrected chi connectivity index (χ2v) is 20.0. The SMILES string of the molecule is CC(C)(C)OC(=O)c1c(S(=O)(=O)c2ccccc2)ccc2c1c1c(n2COCC[Si](C)(C)C)CC(=N)CCC1=N. The summed E-state index contributed by atoms with van der Waals surface area (Å²) >= 11 is 0. The molecule has 0 aliphatic heterocycles. The van der Waals surface area contributed by atoms with Gasteiger partial charge in [-0.15, -0.1) is 0 Å². The lowest BCUT2D eigenvalue weighted by molar-refractivity contribution is 0.00675. The van der Waals surface area contributed by atoms with E-state index in [0.29, 0.717) is 47.3 Å². The number of esters is 1. The van der Waals surface area contributed by atoms with Crippen LogP contribution < -0.4 is 0 Å². The Morgan fingerprint density at radius 2 is 1.70 bits per heavy atom. The topological polar surface area (TPSA) is 122 Å². The summed E-state index contributed by atoms with van der Waals surface area (Å²) < 4.78 is 41.6. The molecular weight excluding hydrogens is 542 g/mol. The van der Waals surface area contributed by atoms with Crippen molar-refractivity contribution in [3.63, 3.8) is 0 Å². The highest BCUT2D eigenvalue weighted by atomic mass is 32.2. The van der Waals surface area contributed by atoms with Crippen molar-refractivity contribution in [2.24, 2.45) is 0 Å². The first kappa shape index (κ1) is 29.9. The molecule has 0 saturated carbocycles. The lowest BCUT2D eigenvalue weighted by atomic mass is 9.99. The van der Waals surface area contributed by atoms with Crippen molar-refractivity contribution in [2.45, 2.75) is 87.8 Å². The number of benzene rings is 2. The van der Waals surface area contributed by atoms with Crippen molar-refractivity contribution in [3.05, 3.63) is 59.3 Å². The second-order valence-electron chi connectivity index (χ2n) is 12.5. The minimum Gasteiger partial charge on any atom is -0.456 e. The van der Waals surface area contributed by atoms with Gasteiger partial charge in [-0.05, 0) is 63.9 Å². The van der Waals surface area contributed by atoms with E-state index in [9.17, 15) is 13.2 Å². The fraction of sp³-hybridized carbons (Fsp3) is 0.433. The van der Waals surface area contributed by atoms with Gasteiger partial charge in [0.15, 0.2) is 0 Å². The van der Waals surface area contributed by atoms with Crippen molar-refractivity contribution in [2.75, 3.05) is 6.61 Å². The molecule has 2 N–H and O–H groups in total. The summed E-state index contributed by atoms with van der Waals surface area (Å²) in [5.74, 6) is -0.765. The third-order valence-corrected chi connectivity index (χ3v) is 10.3. The Kier molecular flexibility index (Phi) is 8.27. The van der Waals surface area contributed by atoms with E-state index in [1.54, 1.807) is 45.0 Å². The number of aromatic nitrogens is 1. The summed E-state index contributed by atoms with van der Waals surface area (Å²) in [6.07, 6.45) is 1.04. The molecule has 1 aromatic heterocycles. The van der Waals surface area contributed by atoms with E-state index in [1.165, 1.54) is 18.2 Å². The summed E-state index contributed by atoms with van der Waals surface area (Å²) in [5, 5.41) is 17.8. The van der Waals surface area contributed by atoms with Crippen LogP contribution in [0.3, 0.4) is 0 Å². The lowest BCUT2D eigenvalue weighted by Crippen LogP contribution is -2.25. The van der Waals surface area contributed by atoms with Gasteiger partial charge in [0.2, 0.25) is 9.84 Å². The maximum absolute atomic E-state index is 13.9. The van der Waals surface area contributed by atoms with Gasteiger partial charge in [-0.25, -0.2) is 13.2 Å². The quantitative estimate of drug-likeness (QED) is 0.137. The smallest absolute Gasteiger partial charge is 0.340 e. The number of nitrogens with zero attached hydrogens (tertiary/aromatic N) is 1. The first-order valence-electron chi connectivity index (χ1n) is 13.5. The van der Waals surface area contributed by atoms with Crippen molar-refractivity contribution in [1.29, 1.82) is 10.8 Å². The van der Waals surface area contributed by atoms with Gasteiger partial charge in [0.05, 0.1) is 20.9 Å². The Morgan fingerprint density at radius 3 is 2.33 bits per heavy atom. The van der Waals surface area contributed by atoms with E-state index < -0.39 is 29.5 Å². The minimum absolute atomic E-state index is 0.0659. The Balaban J connectivity index is 2.02. The first-order valence-corrected chi connectivity index (χ1v) is 18.7. The number of carbonyl (C=O) groups is 1. The zero-order valence-corrected chi connectivity index (χ0v) is 26.0. The third kappa shape index (κ3) is 6.29. The van der Waals surface area contributed by atoms with E-state index in [4.69, 9.17) is 20.3 Å². The molecule has 4 rings (SSSR count). The van der Waals surface area contributed by atoms with Gasteiger partial charge in [-0.1, -0.05) is 37.8 Å². The van der Waals surface area contributed by atoms with Crippen molar-refractivity contribution in [3.8, 4) is 0 Å². The van der Waals surface area contributed by atoms with Gasteiger partial charge < -0.3 is 24.9 Å². The normalized spacial score (nSPS) is 14.8. The van der Waals surface area contributed by atoms with Gasteiger partial charge in [-0.2, -0.15) is 0 Å². The largest absolute Gasteiger partial charge is 0.456 e. The lowest BCUT2D eigenvalue weighted by Gasteiger charge is -2.21. The monoisotopic (exact) mass is 581 g/mol. The van der Waals surface area contributed by atoms with Crippen LogP contribution in [0.2, 0.25) is 25.7 Å². The predicted octanol–water partition coefficient (Wildman–Crippen LogP) is 6.47. The summed E-state index contributed by atoms with van der Waals surface area (Å²) in [4.78, 5) is 13.8. The highest BCUT2D eigenvalue weighted by Crippen LogP contribution is 2.38. The zero-order chi connectivity index (χ0) is 29.5. The Hall–Kier alpha value is -3.08. The summed E-state index contributed by atoms with van der Waals surface area (Å²) in [6, 6.07) is 12.1. The Bertz CT molecular complexity index is 1580. The summed E-state index contributed by atoms with van der Waals surface area (Å²) in [5.41, 5.74) is 1.57. The molecule has 1 heterocycles. The van der Waals surface area contributed by atoms with Gasteiger partial charge in [0, 0.05) is 49.2 Å². The van der Waals surface area contributed by atoms with E-state index in [-0.39, 0.29) is 34.2 Å². The van der Waals surface area contributed by atoms with Crippen LogP contribution in [0.1, 0.15) is 55.2 Å². The van der Waals surface area contributed by atoms with Gasteiger partial charge in [0.1, 0.15) is 12.3 Å². The molecule has 0 radical (unpaired) electrons. The fourth-order valence-electron chi connectivity index (χ4n) is 4.84. The average molecular weight is 582 g/mol. The third-order valence-electron chi connectivity index (χ3n) is 6.82. The van der Waals surface area contributed by atoms with E-state index in [1.807, 2.05) is 4.57 Å². The molecule has 0 fully saturated rings. The zero-order valence-electron chi connectivity index (χ0n) is 24.2. The Morgan fingerprint density at radius 1 is 1.02 bits per heavy atom. The summed E-state index contributed by atoms with van der Waals surface area (Å²) in [7, 11) is -5.43. The number of fused-ring (bicyclic) bond motifs is 3. The molecule has 3 aromatic rings. The molecule has 0 saturated heterocycles. The number of ether oxygens (including phenoxy) is 2. The van der Waals surface area contributed by atoms with Gasteiger partial charge in [-0.3, -0.25) is 0 Å². The van der Waals surface area contributed by atoms with Crippen LogP contribution >= 0.6 is 0 Å². The second kappa shape index (κ2) is 11.1. The van der Waals surface area contributed by atoms with Crippen LogP contribution in [0.5, 0.6) is 0 Å². The molecule has 0 amide bonds. The number of carbonyl (C=O) groups excluding carboxylic acids is 1. The number of hydrogen-bond donors (Lipinski definition) is 2. The standard InChI is InChI=1S/C30H39N3O5SSi/c1-30(2,3)38-29(34)28-25(39(35,36)21-10-8-7-9-11-21)15-14-23-27(28)26-22(32)13-12-20(31)18-24(26)33(23)19-37-16-17-40(4,5)6/h7-11,14-15,31-32H,12-13,16-19H2,1-6H3. The fourth-order valence-corrected chi connectivity index (χ4v) is 7.07. The number of rotatable bonds is 8. The Labute approximate surface area is 237 Å². The summed E-state index contributed by atoms with van der Waals surface area (Å²) in [6.45, 7) is 12.8. The number of nitrogens with one attached hydrogen (secondary N) is 2. The minimum atomic E-state index is -4.10. The van der Waals surface area contributed by atoms with Crippen LogP contribution in [-0.2, 0) is 32.5 Å². The molecule has 0 bridgehead atoms.